The first-order valence-electron chi connectivity index (χ1n) is 7.69. The normalized spacial score (nSPS) is 11.5. The minimum atomic E-state index is -0.910. The number of carboxylic acid groups (broad SMARTS) is 1. The van der Waals surface area contributed by atoms with Crippen LogP contribution in [0.1, 0.15) is 11.6 Å². The summed E-state index contributed by atoms with van der Waals surface area (Å²) in [5.41, 5.74) is 3.42. The first kappa shape index (κ1) is 15.6. The summed E-state index contributed by atoms with van der Waals surface area (Å²) in [5.74, 6) is -0.910. The molecule has 24 heavy (non-hydrogen) atoms. The number of para-hydroxylation sites is 1. The Balaban J connectivity index is 1.72. The van der Waals surface area contributed by atoms with Gasteiger partial charge in [-0.2, -0.15) is 0 Å². The summed E-state index contributed by atoms with van der Waals surface area (Å²) in [6.07, 6.45) is 0. The van der Waals surface area contributed by atoms with Crippen molar-refractivity contribution in [3.63, 3.8) is 0 Å². The fourth-order valence-electron chi connectivity index (χ4n) is 2.44. The van der Waals surface area contributed by atoms with Crippen LogP contribution in [0.5, 0.6) is 0 Å². The maximum absolute atomic E-state index is 11.5. The molecule has 0 saturated carbocycles. The molecule has 3 N–H and O–H groups in total. The molecule has 4 nitrogen and oxygen atoms in total. The van der Waals surface area contributed by atoms with Crippen LogP contribution in [0.4, 0.5) is 17.1 Å². The minimum absolute atomic E-state index is 0.719. The van der Waals surface area contributed by atoms with Gasteiger partial charge in [0.2, 0.25) is 0 Å². The van der Waals surface area contributed by atoms with E-state index >= 15 is 0 Å². The first-order chi connectivity index (χ1) is 11.7. The zero-order valence-corrected chi connectivity index (χ0v) is 13.0. The summed E-state index contributed by atoms with van der Waals surface area (Å²) in [7, 11) is 0. The van der Waals surface area contributed by atoms with Crippen molar-refractivity contribution < 1.29 is 9.90 Å². The van der Waals surface area contributed by atoms with Gasteiger partial charge in [-0.05, 0) is 42.0 Å². The smallest absolute Gasteiger partial charge is 0.330 e. The van der Waals surface area contributed by atoms with Crippen molar-refractivity contribution in [2.45, 2.75) is 6.04 Å². The highest BCUT2D eigenvalue weighted by Crippen LogP contribution is 2.23. The molecular formula is C20H18N2O2. The molecule has 4 heteroatoms. The number of nitrogens with one attached hydrogen (secondary N) is 2. The topological polar surface area (TPSA) is 61.4 Å². The monoisotopic (exact) mass is 318 g/mol. The second-order valence-corrected chi connectivity index (χ2v) is 5.39. The van der Waals surface area contributed by atoms with Gasteiger partial charge in [0.05, 0.1) is 0 Å². The summed E-state index contributed by atoms with van der Waals surface area (Å²) in [5, 5.41) is 15.8. The molecule has 0 aliphatic rings. The third kappa shape index (κ3) is 3.93. The highest BCUT2D eigenvalue weighted by atomic mass is 16.4. The van der Waals surface area contributed by atoms with Gasteiger partial charge in [-0.25, -0.2) is 4.79 Å². The Morgan fingerprint density at radius 1 is 0.708 bits per heavy atom. The van der Waals surface area contributed by atoms with Crippen LogP contribution in [0.2, 0.25) is 0 Å². The lowest BCUT2D eigenvalue weighted by Crippen LogP contribution is -2.20. The Morgan fingerprint density at radius 2 is 1.21 bits per heavy atom. The number of carbonyl (C=O) groups is 1. The molecule has 0 spiro atoms. The molecule has 1 atom stereocenters. The SMILES string of the molecule is O=C(O)[C@H](Nc1ccc(Nc2ccccc2)cc1)c1ccccc1. The van der Waals surface area contributed by atoms with E-state index in [1.165, 1.54) is 0 Å². The molecule has 0 bridgehead atoms. The van der Waals surface area contributed by atoms with E-state index in [0.717, 1.165) is 22.6 Å². The van der Waals surface area contributed by atoms with Crippen molar-refractivity contribution in [1.29, 1.82) is 0 Å². The summed E-state index contributed by atoms with van der Waals surface area (Å²) in [6, 6.07) is 25.8. The third-order valence-electron chi connectivity index (χ3n) is 3.64. The number of anilines is 3. The molecule has 0 saturated heterocycles. The van der Waals surface area contributed by atoms with Crippen LogP contribution in [0, 0.1) is 0 Å². The van der Waals surface area contributed by atoms with Gasteiger partial charge in [0.15, 0.2) is 6.04 Å². The number of hydrogen-bond acceptors (Lipinski definition) is 3. The van der Waals surface area contributed by atoms with E-state index in [4.69, 9.17) is 0 Å². The number of rotatable bonds is 6. The molecule has 0 radical (unpaired) electrons. The Kier molecular flexibility index (Phi) is 4.77. The second-order valence-electron chi connectivity index (χ2n) is 5.39. The summed E-state index contributed by atoms with van der Waals surface area (Å²) in [6.45, 7) is 0. The van der Waals surface area contributed by atoms with Crippen molar-refractivity contribution in [1.82, 2.24) is 0 Å². The third-order valence-corrected chi connectivity index (χ3v) is 3.64. The van der Waals surface area contributed by atoms with Crippen LogP contribution in [0.25, 0.3) is 0 Å². The minimum Gasteiger partial charge on any atom is -0.479 e. The molecule has 0 unspecified atom stereocenters. The standard InChI is InChI=1S/C20H18N2O2/c23-20(24)19(15-7-3-1-4-8-15)22-18-13-11-17(12-14-18)21-16-9-5-2-6-10-16/h1-14,19,21-22H,(H,23,24)/t19-/m1/s1. The maximum Gasteiger partial charge on any atom is 0.330 e. The van der Waals surface area contributed by atoms with E-state index in [2.05, 4.69) is 10.6 Å². The van der Waals surface area contributed by atoms with E-state index < -0.39 is 12.0 Å². The van der Waals surface area contributed by atoms with Crippen LogP contribution in [0.15, 0.2) is 84.9 Å². The summed E-state index contributed by atoms with van der Waals surface area (Å²) < 4.78 is 0. The highest BCUT2D eigenvalue weighted by Gasteiger charge is 2.19. The number of carboxylic acids is 1. The largest absolute Gasteiger partial charge is 0.479 e. The van der Waals surface area contributed by atoms with E-state index in [9.17, 15) is 9.90 Å². The van der Waals surface area contributed by atoms with Gasteiger partial charge in [-0.1, -0.05) is 48.5 Å². The lowest BCUT2D eigenvalue weighted by atomic mass is 10.1. The zero-order valence-electron chi connectivity index (χ0n) is 13.0. The zero-order chi connectivity index (χ0) is 16.8. The second kappa shape index (κ2) is 7.33. The molecule has 3 aromatic rings. The first-order valence-corrected chi connectivity index (χ1v) is 7.69. The summed E-state index contributed by atoms with van der Waals surface area (Å²) >= 11 is 0. The van der Waals surface area contributed by atoms with Crippen molar-refractivity contribution in [2.75, 3.05) is 10.6 Å². The number of aliphatic carboxylic acids is 1. The summed E-state index contributed by atoms with van der Waals surface area (Å²) in [4.78, 5) is 11.5. The van der Waals surface area contributed by atoms with Gasteiger partial charge in [-0.15, -0.1) is 0 Å². The predicted molar refractivity (Wildman–Crippen MR) is 96.6 cm³/mol. The van der Waals surface area contributed by atoms with Crippen molar-refractivity contribution in [3.8, 4) is 0 Å². The Labute approximate surface area is 140 Å². The van der Waals surface area contributed by atoms with E-state index in [0.29, 0.717) is 0 Å². The Morgan fingerprint density at radius 3 is 1.79 bits per heavy atom. The van der Waals surface area contributed by atoms with Gasteiger partial charge in [0.25, 0.3) is 0 Å². The van der Waals surface area contributed by atoms with E-state index in [1.54, 1.807) is 12.1 Å². The van der Waals surface area contributed by atoms with Gasteiger partial charge < -0.3 is 15.7 Å². The van der Waals surface area contributed by atoms with Crippen LogP contribution in [-0.2, 0) is 4.79 Å². The van der Waals surface area contributed by atoms with Gasteiger partial charge in [0.1, 0.15) is 0 Å². The van der Waals surface area contributed by atoms with Crippen LogP contribution in [-0.4, -0.2) is 11.1 Å². The Hall–Kier alpha value is -3.27. The molecule has 0 heterocycles. The molecule has 3 rings (SSSR count). The van der Waals surface area contributed by atoms with Crippen molar-refractivity contribution >= 4 is 23.0 Å². The van der Waals surface area contributed by atoms with Gasteiger partial charge in [0, 0.05) is 17.1 Å². The number of hydrogen-bond donors (Lipinski definition) is 3. The molecule has 0 aliphatic carbocycles. The molecular weight excluding hydrogens is 300 g/mol. The molecule has 0 aliphatic heterocycles. The van der Waals surface area contributed by atoms with Crippen molar-refractivity contribution in [2.24, 2.45) is 0 Å². The fraction of sp³-hybridized carbons (Fsp3) is 0.0500. The molecule has 0 fully saturated rings. The molecule has 0 aromatic heterocycles. The Bertz CT molecular complexity index is 787. The number of benzene rings is 3. The average molecular weight is 318 g/mol. The molecule has 0 amide bonds. The van der Waals surface area contributed by atoms with Crippen LogP contribution >= 0.6 is 0 Å². The van der Waals surface area contributed by atoms with Crippen LogP contribution in [0.3, 0.4) is 0 Å². The lowest BCUT2D eigenvalue weighted by molar-refractivity contribution is -0.138. The maximum atomic E-state index is 11.5. The highest BCUT2D eigenvalue weighted by molar-refractivity contribution is 5.79. The van der Waals surface area contributed by atoms with E-state index in [1.807, 2.05) is 72.8 Å². The van der Waals surface area contributed by atoms with Crippen molar-refractivity contribution in [3.05, 3.63) is 90.5 Å². The molecule has 120 valence electrons. The van der Waals surface area contributed by atoms with Gasteiger partial charge >= 0.3 is 5.97 Å². The van der Waals surface area contributed by atoms with Gasteiger partial charge in [-0.3, -0.25) is 0 Å². The fourth-order valence-corrected chi connectivity index (χ4v) is 2.44. The predicted octanol–water partition coefficient (Wildman–Crippen LogP) is 4.67. The van der Waals surface area contributed by atoms with E-state index in [-0.39, 0.29) is 0 Å². The quantitative estimate of drug-likeness (QED) is 0.618. The lowest BCUT2D eigenvalue weighted by Gasteiger charge is -2.16. The average Bonchev–Trinajstić information content (AvgIpc) is 2.62. The van der Waals surface area contributed by atoms with Crippen LogP contribution < -0.4 is 10.6 Å². The molecule has 3 aromatic carbocycles.